The van der Waals surface area contributed by atoms with Gasteiger partial charge in [0, 0.05) is 18.2 Å². The van der Waals surface area contributed by atoms with Crippen molar-refractivity contribution in [2.75, 3.05) is 13.7 Å². The molecule has 0 bridgehead atoms. The SMILES string of the molecule is COC(=O)CC1CCCCN1C(=O)c1cc(C)cc(F)c1. The zero-order chi connectivity index (χ0) is 15.4. The van der Waals surface area contributed by atoms with Crippen LogP contribution in [0, 0.1) is 12.7 Å². The van der Waals surface area contributed by atoms with Crippen LogP contribution >= 0.6 is 0 Å². The van der Waals surface area contributed by atoms with Crippen molar-refractivity contribution in [3.05, 3.63) is 35.1 Å². The van der Waals surface area contributed by atoms with Crippen LogP contribution in [0.4, 0.5) is 4.39 Å². The van der Waals surface area contributed by atoms with E-state index in [-0.39, 0.29) is 24.3 Å². The van der Waals surface area contributed by atoms with Crippen molar-refractivity contribution in [1.29, 1.82) is 0 Å². The molecule has 21 heavy (non-hydrogen) atoms. The van der Waals surface area contributed by atoms with Crippen LogP contribution in [-0.4, -0.2) is 36.5 Å². The minimum atomic E-state index is -0.417. The first-order valence-corrected chi connectivity index (χ1v) is 7.16. The van der Waals surface area contributed by atoms with Gasteiger partial charge in [0.2, 0.25) is 0 Å². The highest BCUT2D eigenvalue weighted by atomic mass is 19.1. The third-order valence-electron chi connectivity index (χ3n) is 3.81. The third-order valence-corrected chi connectivity index (χ3v) is 3.81. The number of likely N-dealkylation sites (tertiary alicyclic amines) is 1. The Hall–Kier alpha value is -1.91. The molecule has 114 valence electrons. The second kappa shape index (κ2) is 6.70. The van der Waals surface area contributed by atoms with Gasteiger partial charge in [-0.3, -0.25) is 9.59 Å². The highest BCUT2D eigenvalue weighted by Gasteiger charge is 2.29. The molecule has 0 spiro atoms. The van der Waals surface area contributed by atoms with Crippen LogP contribution in [0.5, 0.6) is 0 Å². The van der Waals surface area contributed by atoms with Gasteiger partial charge in [-0.2, -0.15) is 0 Å². The summed E-state index contributed by atoms with van der Waals surface area (Å²) in [6.07, 6.45) is 2.84. The molecule has 1 fully saturated rings. The van der Waals surface area contributed by atoms with E-state index in [1.807, 2.05) is 0 Å². The molecule has 0 N–H and O–H groups in total. The number of carbonyl (C=O) groups is 2. The molecular weight excluding hydrogens is 273 g/mol. The Morgan fingerprint density at radius 1 is 1.33 bits per heavy atom. The summed E-state index contributed by atoms with van der Waals surface area (Å²) in [5, 5.41) is 0. The van der Waals surface area contributed by atoms with Crippen molar-refractivity contribution in [1.82, 2.24) is 4.90 Å². The fourth-order valence-corrected chi connectivity index (χ4v) is 2.78. The van der Waals surface area contributed by atoms with Crippen molar-refractivity contribution in [2.24, 2.45) is 0 Å². The molecule has 1 aromatic carbocycles. The molecule has 5 heteroatoms. The van der Waals surface area contributed by atoms with Crippen LogP contribution < -0.4 is 0 Å². The molecule has 2 rings (SSSR count). The highest BCUT2D eigenvalue weighted by Crippen LogP contribution is 2.23. The maximum absolute atomic E-state index is 13.5. The van der Waals surface area contributed by atoms with Gasteiger partial charge in [0.15, 0.2) is 0 Å². The maximum atomic E-state index is 13.5. The quantitative estimate of drug-likeness (QED) is 0.805. The Morgan fingerprint density at radius 2 is 2.10 bits per heavy atom. The van der Waals surface area contributed by atoms with Gasteiger partial charge >= 0.3 is 5.97 Å². The first kappa shape index (κ1) is 15.5. The summed E-state index contributed by atoms with van der Waals surface area (Å²) in [5.41, 5.74) is 1.05. The standard InChI is InChI=1S/C16H20FNO3/c1-11-7-12(9-13(17)8-11)16(20)18-6-4-3-5-14(18)10-15(19)21-2/h7-9,14H,3-6,10H2,1-2H3. The number of ether oxygens (including phenoxy) is 1. The summed E-state index contributed by atoms with van der Waals surface area (Å²) >= 11 is 0. The number of amides is 1. The van der Waals surface area contributed by atoms with Crippen LogP contribution in [-0.2, 0) is 9.53 Å². The van der Waals surface area contributed by atoms with E-state index in [0.717, 1.165) is 19.3 Å². The average molecular weight is 293 g/mol. The number of aryl methyl sites for hydroxylation is 1. The molecule has 1 aliphatic heterocycles. The number of methoxy groups -OCH3 is 1. The Labute approximate surface area is 123 Å². The molecule has 0 aliphatic carbocycles. The highest BCUT2D eigenvalue weighted by molar-refractivity contribution is 5.95. The monoisotopic (exact) mass is 293 g/mol. The smallest absolute Gasteiger partial charge is 0.307 e. The number of piperidine rings is 1. The lowest BCUT2D eigenvalue weighted by atomic mass is 9.98. The maximum Gasteiger partial charge on any atom is 0.307 e. The lowest BCUT2D eigenvalue weighted by molar-refractivity contribution is -0.142. The van der Waals surface area contributed by atoms with Crippen molar-refractivity contribution in [3.8, 4) is 0 Å². The van der Waals surface area contributed by atoms with Gasteiger partial charge in [-0.25, -0.2) is 4.39 Å². The summed E-state index contributed by atoms with van der Waals surface area (Å²) in [4.78, 5) is 25.7. The Morgan fingerprint density at radius 3 is 2.76 bits per heavy atom. The van der Waals surface area contributed by atoms with Gasteiger partial charge in [-0.1, -0.05) is 0 Å². The summed E-state index contributed by atoms with van der Waals surface area (Å²) in [7, 11) is 1.34. The first-order valence-electron chi connectivity index (χ1n) is 7.16. The van der Waals surface area contributed by atoms with Crippen molar-refractivity contribution in [2.45, 2.75) is 38.6 Å². The first-order chi connectivity index (χ1) is 10.0. The summed E-state index contributed by atoms with van der Waals surface area (Å²) in [6, 6.07) is 4.15. The van der Waals surface area contributed by atoms with Crippen LogP contribution in [0.1, 0.15) is 41.6 Å². The zero-order valence-corrected chi connectivity index (χ0v) is 12.4. The summed E-state index contributed by atoms with van der Waals surface area (Å²) < 4.78 is 18.2. The fourth-order valence-electron chi connectivity index (χ4n) is 2.78. The minimum Gasteiger partial charge on any atom is -0.469 e. The molecule has 1 atom stereocenters. The number of benzene rings is 1. The van der Waals surface area contributed by atoms with Crippen LogP contribution in [0.3, 0.4) is 0 Å². The minimum absolute atomic E-state index is 0.165. The number of rotatable bonds is 3. The molecule has 0 saturated carbocycles. The van der Waals surface area contributed by atoms with E-state index < -0.39 is 5.82 Å². The van der Waals surface area contributed by atoms with Gasteiger partial charge in [0.25, 0.3) is 5.91 Å². The summed E-state index contributed by atoms with van der Waals surface area (Å²) in [6.45, 7) is 2.35. The molecule has 0 radical (unpaired) electrons. The van der Waals surface area contributed by atoms with Gasteiger partial charge in [-0.05, 0) is 49.9 Å². The molecule has 4 nitrogen and oxygen atoms in total. The lowest BCUT2D eigenvalue weighted by Crippen LogP contribution is -2.44. The molecule has 1 aromatic rings. The third kappa shape index (κ3) is 3.80. The van der Waals surface area contributed by atoms with Crippen molar-refractivity contribution >= 4 is 11.9 Å². The molecule has 1 amide bonds. The fraction of sp³-hybridized carbons (Fsp3) is 0.500. The molecule has 0 aromatic heterocycles. The molecular formula is C16H20FNO3. The Bertz CT molecular complexity index is 524. The van der Waals surface area contributed by atoms with E-state index in [1.54, 1.807) is 17.9 Å². The van der Waals surface area contributed by atoms with Gasteiger partial charge in [-0.15, -0.1) is 0 Å². The average Bonchev–Trinajstić information content (AvgIpc) is 2.46. The van der Waals surface area contributed by atoms with E-state index in [1.165, 1.54) is 19.2 Å². The second-order valence-corrected chi connectivity index (χ2v) is 5.45. The zero-order valence-electron chi connectivity index (χ0n) is 12.4. The Kier molecular flexibility index (Phi) is 4.94. The lowest BCUT2D eigenvalue weighted by Gasteiger charge is -2.35. The van der Waals surface area contributed by atoms with Crippen LogP contribution in [0.15, 0.2) is 18.2 Å². The normalized spacial score (nSPS) is 18.4. The number of halogens is 1. The van der Waals surface area contributed by atoms with Crippen LogP contribution in [0.25, 0.3) is 0 Å². The predicted octanol–water partition coefficient (Wildman–Crippen LogP) is 2.69. The molecule has 1 aliphatic rings. The van der Waals surface area contributed by atoms with Crippen molar-refractivity contribution < 1.29 is 18.7 Å². The number of hydrogen-bond acceptors (Lipinski definition) is 3. The molecule has 1 heterocycles. The van der Waals surface area contributed by atoms with Gasteiger partial charge in [0.1, 0.15) is 5.82 Å². The van der Waals surface area contributed by atoms with Gasteiger partial charge in [0.05, 0.1) is 13.5 Å². The number of carbonyl (C=O) groups excluding carboxylic acids is 2. The van der Waals surface area contributed by atoms with E-state index in [2.05, 4.69) is 4.74 Å². The van der Waals surface area contributed by atoms with E-state index in [4.69, 9.17) is 0 Å². The second-order valence-electron chi connectivity index (χ2n) is 5.45. The molecule has 1 saturated heterocycles. The largest absolute Gasteiger partial charge is 0.469 e. The van der Waals surface area contributed by atoms with Crippen molar-refractivity contribution in [3.63, 3.8) is 0 Å². The number of hydrogen-bond donors (Lipinski definition) is 0. The van der Waals surface area contributed by atoms with E-state index >= 15 is 0 Å². The Balaban J connectivity index is 2.19. The van der Waals surface area contributed by atoms with Crippen LogP contribution in [0.2, 0.25) is 0 Å². The number of nitrogens with zero attached hydrogens (tertiary/aromatic N) is 1. The molecule has 1 unspecified atom stereocenters. The van der Waals surface area contributed by atoms with Gasteiger partial charge < -0.3 is 9.64 Å². The van der Waals surface area contributed by atoms with E-state index in [9.17, 15) is 14.0 Å². The topological polar surface area (TPSA) is 46.6 Å². The summed E-state index contributed by atoms with van der Waals surface area (Å²) in [5.74, 6) is -0.957. The predicted molar refractivity (Wildman–Crippen MR) is 76.4 cm³/mol. The van der Waals surface area contributed by atoms with E-state index in [0.29, 0.717) is 17.7 Å². The number of esters is 1.